The lowest BCUT2D eigenvalue weighted by Crippen LogP contribution is -2.20. The molecule has 27 heavy (non-hydrogen) atoms. The molecular weight excluding hydrogens is 340 g/mol. The van der Waals surface area contributed by atoms with Crippen LogP contribution in [-0.4, -0.2) is 33.2 Å². The van der Waals surface area contributed by atoms with Crippen molar-refractivity contribution in [3.63, 3.8) is 0 Å². The van der Waals surface area contributed by atoms with Gasteiger partial charge in [-0.3, -0.25) is 4.79 Å². The molecule has 2 aromatic rings. The second-order valence-corrected chi connectivity index (χ2v) is 6.19. The van der Waals surface area contributed by atoms with E-state index in [0.717, 1.165) is 16.8 Å². The molecule has 0 bridgehead atoms. The summed E-state index contributed by atoms with van der Waals surface area (Å²) in [7, 11) is 3.99. The Hall–Kier alpha value is -2.95. The third-order valence-electron chi connectivity index (χ3n) is 3.89. The minimum absolute atomic E-state index is 0.142. The van der Waals surface area contributed by atoms with E-state index in [1.165, 1.54) is 6.08 Å². The molecule has 1 amide bonds. The average molecular weight is 368 g/mol. The van der Waals surface area contributed by atoms with Gasteiger partial charge in [0.05, 0.1) is 13.2 Å². The van der Waals surface area contributed by atoms with Gasteiger partial charge >= 0.3 is 0 Å². The van der Waals surface area contributed by atoms with Crippen LogP contribution < -0.4 is 19.7 Å². The molecule has 2 rings (SSSR count). The Morgan fingerprint density at radius 1 is 1.04 bits per heavy atom. The Morgan fingerprint density at radius 3 is 2.48 bits per heavy atom. The topological polar surface area (TPSA) is 50.8 Å². The number of ether oxygens (including phenoxy) is 2. The fourth-order valence-corrected chi connectivity index (χ4v) is 2.54. The van der Waals surface area contributed by atoms with Crippen LogP contribution in [0.3, 0.4) is 0 Å². The number of rotatable bonds is 9. The van der Waals surface area contributed by atoms with Gasteiger partial charge in [-0.15, -0.1) is 0 Å². The van der Waals surface area contributed by atoms with Crippen LogP contribution in [0.2, 0.25) is 0 Å². The van der Waals surface area contributed by atoms with Crippen molar-refractivity contribution in [3.05, 3.63) is 59.7 Å². The van der Waals surface area contributed by atoms with Crippen molar-refractivity contribution in [3.8, 4) is 11.5 Å². The number of hydrogen-bond acceptors (Lipinski definition) is 4. The lowest BCUT2D eigenvalue weighted by atomic mass is 10.1. The highest BCUT2D eigenvalue weighted by atomic mass is 16.5. The van der Waals surface area contributed by atoms with Crippen molar-refractivity contribution in [1.82, 2.24) is 5.32 Å². The Kier molecular flexibility index (Phi) is 7.74. The highest BCUT2D eigenvalue weighted by molar-refractivity contribution is 5.91. The molecule has 0 unspecified atom stereocenters. The van der Waals surface area contributed by atoms with Crippen LogP contribution in [0.25, 0.3) is 6.08 Å². The Morgan fingerprint density at radius 2 is 1.78 bits per heavy atom. The first-order chi connectivity index (χ1) is 13.0. The normalized spacial score (nSPS) is 10.7. The van der Waals surface area contributed by atoms with Crippen molar-refractivity contribution in [1.29, 1.82) is 0 Å². The van der Waals surface area contributed by atoms with Gasteiger partial charge in [0.25, 0.3) is 0 Å². The molecule has 0 atom stereocenters. The molecule has 144 valence electrons. The molecule has 5 heteroatoms. The second kappa shape index (κ2) is 10.3. The Balaban J connectivity index is 1.97. The average Bonchev–Trinajstić information content (AvgIpc) is 2.67. The van der Waals surface area contributed by atoms with Crippen LogP contribution in [0.1, 0.15) is 25.0 Å². The highest BCUT2D eigenvalue weighted by Gasteiger charge is 2.05. The summed E-state index contributed by atoms with van der Waals surface area (Å²) < 4.78 is 11.2. The lowest BCUT2D eigenvalue weighted by Gasteiger charge is -2.13. The van der Waals surface area contributed by atoms with Gasteiger partial charge in [0.15, 0.2) is 11.5 Å². The first kappa shape index (κ1) is 20.4. The molecule has 0 aliphatic rings. The second-order valence-electron chi connectivity index (χ2n) is 6.19. The molecule has 0 heterocycles. The molecule has 0 aliphatic heterocycles. The van der Waals surface area contributed by atoms with Crippen LogP contribution in [0.4, 0.5) is 5.69 Å². The summed E-state index contributed by atoms with van der Waals surface area (Å²) in [5.41, 5.74) is 3.05. The van der Waals surface area contributed by atoms with E-state index in [2.05, 4.69) is 11.4 Å². The molecule has 0 radical (unpaired) electrons. The van der Waals surface area contributed by atoms with Crippen molar-refractivity contribution < 1.29 is 14.3 Å². The maximum Gasteiger partial charge on any atom is 0.244 e. The van der Waals surface area contributed by atoms with E-state index in [1.807, 2.05) is 69.2 Å². The molecule has 0 spiro atoms. The summed E-state index contributed by atoms with van der Waals surface area (Å²) in [6, 6.07) is 13.7. The summed E-state index contributed by atoms with van der Waals surface area (Å²) in [4.78, 5) is 14.2. The zero-order chi connectivity index (χ0) is 19.6. The smallest absolute Gasteiger partial charge is 0.244 e. The fourth-order valence-electron chi connectivity index (χ4n) is 2.54. The first-order valence-electron chi connectivity index (χ1n) is 9.15. The van der Waals surface area contributed by atoms with Crippen molar-refractivity contribution in [2.75, 3.05) is 32.2 Å². The maximum atomic E-state index is 12.1. The number of carbonyl (C=O) groups excluding carboxylic acids is 1. The van der Waals surface area contributed by atoms with E-state index >= 15 is 0 Å². The molecular formula is C22H28N2O3. The predicted octanol–water partition coefficient (Wildman–Crippen LogP) is 3.88. The van der Waals surface area contributed by atoms with Gasteiger partial charge in [0.2, 0.25) is 5.91 Å². The summed E-state index contributed by atoms with van der Waals surface area (Å²) in [5.74, 6) is 1.25. The molecule has 0 aliphatic carbocycles. The number of nitrogens with one attached hydrogen (secondary N) is 1. The number of carbonyl (C=O) groups is 1. The minimum Gasteiger partial charge on any atom is -0.490 e. The quantitative estimate of drug-likeness (QED) is 0.683. The monoisotopic (exact) mass is 368 g/mol. The van der Waals surface area contributed by atoms with Crippen molar-refractivity contribution >= 4 is 17.7 Å². The maximum absolute atomic E-state index is 12.1. The first-order valence-corrected chi connectivity index (χ1v) is 9.15. The van der Waals surface area contributed by atoms with E-state index < -0.39 is 0 Å². The van der Waals surface area contributed by atoms with Crippen molar-refractivity contribution in [2.45, 2.75) is 20.4 Å². The largest absolute Gasteiger partial charge is 0.490 e. The van der Waals surface area contributed by atoms with E-state index in [0.29, 0.717) is 31.3 Å². The van der Waals surface area contributed by atoms with Gasteiger partial charge in [-0.2, -0.15) is 0 Å². The summed E-state index contributed by atoms with van der Waals surface area (Å²) >= 11 is 0. The lowest BCUT2D eigenvalue weighted by molar-refractivity contribution is -0.116. The molecule has 2 aromatic carbocycles. The number of benzene rings is 2. The minimum atomic E-state index is -0.142. The summed E-state index contributed by atoms with van der Waals surface area (Å²) in [6.45, 7) is 5.48. The number of anilines is 1. The van der Waals surface area contributed by atoms with Crippen LogP contribution in [-0.2, 0) is 11.3 Å². The molecule has 0 saturated heterocycles. The number of nitrogens with zero attached hydrogens (tertiary/aromatic N) is 1. The van der Waals surface area contributed by atoms with Gasteiger partial charge in [0.1, 0.15) is 0 Å². The van der Waals surface area contributed by atoms with Gasteiger partial charge in [-0.1, -0.05) is 18.2 Å². The molecule has 0 fully saturated rings. The van der Waals surface area contributed by atoms with E-state index in [1.54, 1.807) is 6.08 Å². The van der Waals surface area contributed by atoms with E-state index in [4.69, 9.17) is 9.47 Å². The fraction of sp³-hybridized carbons (Fsp3) is 0.318. The summed E-state index contributed by atoms with van der Waals surface area (Å²) in [5, 5.41) is 2.91. The molecule has 1 N–H and O–H groups in total. The standard InChI is InChI=1S/C22H28N2O3/c1-5-26-20-12-10-17(15-21(20)27-6-2)11-13-22(25)23-16-18-8-7-9-19(14-18)24(3)4/h7-15H,5-6,16H2,1-4H3,(H,23,25)/b13-11+. The molecule has 0 saturated carbocycles. The molecule has 5 nitrogen and oxygen atoms in total. The van der Waals surface area contributed by atoms with E-state index in [-0.39, 0.29) is 5.91 Å². The zero-order valence-electron chi connectivity index (χ0n) is 16.5. The van der Waals surface area contributed by atoms with Gasteiger partial charge in [0, 0.05) is 32.4 Å². The van der Waals surface area contributed by atoms with Crippen LogP contribution in [0.5, 0.6) is 11.5 Å². The van der Waals surface area contributed by atoms with Crippen LogP contribution in [0.15, 0.2) is 48.5 Å². The molecule has 0 aromatic heterocycles. The van der Waals surface area contributed by atoms with Crippen LogP contribution in [0, 0.1) is 0 Å². The van der Waals surface area contributed by atoms with Crippen molar-refractivity contribution in [2.24, 2.45) is 0 Å². The third kappa shape index (κ3) is 6.37. The zero-order valence-corrected chi connectivity index (χ0v) is 16.5. The highest BCUT2D eigenvalue weighted by Crippen LogP contribution is 2.29. The van der Waals surface area contributed by atoms with Gasteiger partial charge < -0.3 is 19.7 Å². The summed E-state index contributed by atoms with van der Waals surface area (Å²) in [6.07, 6.45) is 3.30. The predicted molar refractivity (Wildman–Crippen MR) is 110 cm³/mol. The third-order valence-corrected chi connectivity index (χ3v) is 3.89. The number of amides is 1. The number of hydrogen-bond donors (Lipinski definition) is 1. The Bertz CT molecular complexity index is 785. The van der Waals surface area contributed by atoms with Gasteiger partial charge in [-0.05, 0) is 55.3 Å². The van der Waals surface area contributed by atoms with Gasteiger partial charge in [-0.25, -0.2) is 0 Å². The van der Waals surface area contributed by atoms with E-state index in [9.17, 15) is 4.79 Å². The van der Waals surface area contributed by atoms with Crippen LogP contribution >= 0.6 is 0 Å². The SMILES string of the molecule is CCOc1ccc(/C=C/C(=O)NCc2cccc(N(C)C)c2)cc1OCC. The Labute approximate surface area is 161 Å².